The number of hydrogen-bond acceptors (Lipinski definition) is 5. The zero-order valence-electron chi connectivity index (χ0n) is 14.5. The standard InChI is InChI=1S/C21H13N3O3S/c25-20(14-12-13-6-1-2-7-15(13)27-21(14)26)23-19-18(16-8-5-11-28-16)22-17-9-3-4-10-24(17)19/h1-12H,(H,23,25). The van der Waals surface area contributed by atoms with E-state index in [0.717, 1.165) is 4.88 Å². The molecule has 0 bridgehead atoms. The minimum atomic E-state index is -0.678. The van der Waals surface area contributed by atoms with E-state index < -0.39 is 11.5 Å². The van der Waals surface area contributed by atoms with Crippen LogP contribution in [0.4, 0.5) is 5.82 Å². The Morgan fingerprint density at radius 3 is 2.79 bits per heavy atom. The largest absolute Gasteiger partial charge is 0.422 e. The number of anilines is 1. The Morgan fingerprint density at radius 2 is 1.93 bits per heavy atom. The van der Waals surface area contributed by atoms with Gasteiger partial charge in [-0.25, -0.2) is 9.78 Å². The number of carbonyl (C=O) groups excluding carboxylic acids is 1. The normalized spacial score (nSPS) is 11.1. The molecule has 1 aromatic carbocycles. The summed E-state index contributed by atoms with van der Waals surface area (Å²) < 4.78 is 7.07. The molecule has 0 aliphatic rings. The highest BCUT2D eigenvalue weighted by molar-refractivity contribution is 7.13. The second-order valence-corrected chi connectivity index (χ2v) is 7.10. The molecule has 7 heteroatoms. The maximum absolute atomic E-state index is 12.9. The van der Waals surface area contributed by atoms with Gasteiger partial charge in [-0.05, 0) is 35.7 Å². The topological polar surface area (TPSA) is 76.6 Å². The summed E-state index contributed by atoms with van der Waals surface area (Å²) in [5, 5.41) is 5.48. The van der Waals surface area contributed by atoms with E-state index in [9.17, 15) is 9.59 Å². The molecule has 4 aromatic heterocycles. The summed E-state index contributed by atoms with van der Waals surface area (Å²) in [4.78, 5) is 30.8. The average molecular weight is 387 g/mol. The summed E-state index contributed by atoms with van der Waals surface area (Å²) in [5.74, 6) is -0.0291. The van der Waals surface area contributed by atoms with E-state index >= 15 is 0 Å². The molecular formula is C21H13N3O3S. The highest BCUT2D eigenvalue weighted by atomic mass is 32.1. The summed E-state index contributed by atoms with van der Waals surface area (Å²) >= 11 is 1.53. The lowest BCUT2D eigenvalue weighted by Gasteiger charge is -2.07. The fraction of sp³-hybridized carbons (Fsp3) is 0. The van der Waals surface area contributed by atoms with Gasteiger partial charge in [0.05, 0.1) is 4.88 Å². The number of benzene rings is 1. The van der Waals surface area contributed by atoms with E-state index in [1.54, 1.807) is 28.7 Å². The zero-order valence-corrected chi connectivity index (χ0v) is 15.3. The number of carbonyl (C=O) groups is 1. The summed E-state index contributed by atoms with van der Waals surface area (Å²) in [7, 11) is 0. The lowest BCUT2D eigenvalue weighted by molar-refractivity contribution is 0.102. The van der Waals surface area contributed by atoms with Crippen molar-refractivity contribution in [3.63, 3.8) is 0 Å². The fourth-order valence-electron chi connectivity index (χ4n) is 3.10. The summed E-state index contributed by atoms with van der Waals surface area (Å²) in [5.41, 5.74) is 1.06. The quantitative estimate of drug-likeness (QED) is 0.465. The van der Waals surface area contributed by atoms with Crippen LogP contribution in [-0.4, -0.2) is 15.3 Å². The predicted molar refractivity (Wildman–Crippen MR) is 109 cm³/mol. The molecule has 5 rings (SSSR count). The molecule has 5 aromatic rings. The van der Waals surface area contributed by atoms with Gasteiger partial charge in [0.1, 0.15) is 28.3 Å². The van der Waals surface area contributed by atoms with E-state index in [0.29, 0.717) is 28.1 Å². The smallest absolute Gasteiger partial charge is 0.349 e. The third-order valence-electron chi connectivity index (χ3n) is 4.40. The van der Waals surface area contributed by atoms with Crippen LogP contribution in [0.5, 0.6) is 0 Å². The molecule has 28 heavy (non-hydrogen) atoms. The Hall–Kier alpha value is -3.71. The zero-order chi connectivity index (χ0) is 19.1. The molecule has 0 aliphatic carbocycles. The maximum atomic E-state index is 12.9. The molecule has 0 saturated heterocycles. The van der Waals surface area contributed by atoms with Gasteiger partial charge in [0.2, 0.25) is 0 Å². The van der Waals surface area contributed by atoms with Gasteiger partial charge in [-0.15, -0.1) is 11.3 Å². The van der Waals surface area contributed by atoms with Crippen molar-refractivity contribution >= 4 is 39.7 Å². The van der Waals surface area contributed by atoms with E-state index in [2.05, 4.69) is 10.3 Å². The molecule has 4 heterocycles. The minimum absolute atomic E-state index is 0.0540. The van der Waals surface area contributed by atoms with Crippen molar-refractivity contribution in [2.24, 2.45) is 0 Å². The molecule has 0 spiro atoms. The molecule has 136 valence electrons. The lowest BCUT2D eigenvalue weighted by Crippen LogP contribution is -2.21. The fourth-order valence-corrected chi connectivity index (χ4v) is 3.81. The Kier molecular flexibility index (Phi) is 3.80. The molecule has 0 radical (unpaired) electrons. The monoisotopic (exact) mass is 387 g/mol. The van der Waals surface area contributed by atoms with Gasteiger partial charge in [-0.2, -0.15) is 0 Å². The first-order valence-corrected chi connectivity index (χ1v) is 9.44. The molecule has 6 nitrogen and oxygen atoms in total. The molecule has 1 N–H and O–H groups in total. The van der Waals surface area contributed by atoms with Crippen LogP contribution in [0.2, 0.25) is 0 Å². The first-order valence-electron chi connectivity index (χ1n) is 8.56. The predicted octanol–water partition coefficient (Wildman–Crippen LogP) is 4.42. The summed E-state index contributed by atoms with van der Waals surface area (Å²) in [6.07, 6.45) is 1.82. The van der Waals surface area contributed by atoms with Crippen molar-refractivity contribution in [1.29, 1.82) is 0 Å². The van der Waals surface area contributed by atoms with Crippen LogP contribution in [-0.2, 0) is 0 Å². The van der Waals surface area contributed by atoms with Crippen molar-refractivity contribution < 1.29 is 9.21 Å². The van der Waals surface area contributed by atoms with E-state index in [1.807, 2.05) is 48.0 Å². The van der Waals surface area contributed by atoms with Crippen LogP contribution in [0, 0.1) is 0 Å². The van der Waals surface area contributed by atoms with Gasteiger partial charge in [0.25, 0.3) is 5.91 Å². The van der Waals surface area contributed by atoms with Crippen molar-refractivity contribution in [1.82, 2.24) is 9.38 Å². The SMILES string of the molecule is O=C(Nc1c(-c2cccs2)nc2ccccn12)c1cc2ccccc2oc1=O. The first kappa shape index (κ1) is 16.5. The number of hydrogen-bond donors (Lipinski definition) is 1. The first-order chi connectivity index (χ1) is 13.7. The number of imidazole rings is 1. The average Bonchev–Trinajstić information content (AvgIpc) is 3.36. The van der Waals surface area contributed by atoms with Crippen LogP contribution in [0.15, 0.2) is 81.5 Å². The van der Waals surface area contributed by atoms with E-state index in [-0.39, 0.29) is 5.56 Å². The third-order valence-corrected chi connectivity index (χ3v) is 5.28. The lowest BCUT2D eigenvalue weighted by atomic mass is 10.2. The maximum Gasteiger partial charge on any atom is 0.349 e. The summed E-state index contributed by atoms with van der Waals surface area (Å²) in [6, 6.07) is 18.1. The third kappa shape index (κ3) is 2.69. The number of thiophene rings is 1. The van der Waals surface area contributed by atoms with Crippen LogP contribution in [0.3, 0.4) is 0 Å². The Balaban J connectivity index is 1.62. The number of nitrogens with one attached hydrogen (secondary N) is 1. The van der Waals surface area contributed by atoms with Gasteiger partial charge in [-0.3, -0.25) is 9.20 Å². The van der Waals surface area contributed by atoms with Crippen LogP contribution >= 0.6 is 11.3 Å². The number of amides is 1. The number of pyridine rings is 1. The number of para-hydroxylation sites is 1. The Labute approximate surface area is 162 Å². The van der Waals surface area contributed by atoms with Crippen molar-refractivity contribution in [3.8, 4) is 10.6 Å². The minimum Gasteiger partial charge on any atom is -0.422 e. The van der Waals surface area contributed by atoms with E-state index in [4.69, 9.17) is 4.42 Å². The van der Waals surface area contributed by atoms with Gasteiger partial charge >= 0.3 is 5.63 Å². The Morgan fingerprint density at radius 1 is 1.07 bits per heavy atom. The van der Waals surface area contributed by atoms with Crippen molar-refractivity contribution in [3.05, 3.63) is 88.2 Å². The number of fused-ring (bicyclic) bond motifs is 2. The second-order valence-electron chi connectivity index (χ2n) is 6.15. The Bertz CT molecular complexity index is 1380. The van der Waals surface area contributed by atoms with Gasteiger partial charge < -0.3 is 9.73 Å². The summed E-state index contributed by atoms with van der Waals surface area (Å²) in [6.45, 7) is 0. The van der Waals surface area contributed by atoms with Gasteiger partial charge in [-0.1, -0.05) is 30.3 Å². The van der Waals surface area contributed by atoms with Crippen molar-refractivity contribution in [2.75, 3.05) is 5.32 Å². The molecule has 0 saturated carbocycles. The molecule has 0 aliphatic heterocycles. The molecule has 0 unspecified atom stereocenters. The number of rotatable bonds is 3. The molecule has 0 fully saturated rings. The van der Waals surface area contributed by atoms with E-state index in [1.165, 1.54) is 11.3 Å². The number of aromatic nitrogens is 2. The molecule has 0 atom stereocenters. The second kappa shape index (κ2) is 6.47. The highest BCUT2D eigenvalue weighted by Gasteiger charge is 2.20. The number of nitrogens with zero attached hydrogens (tertiary/aromatic N) is 2. The van der Waals surface area contributed by atoms with Gasteiger partial charge in [0.15, 0.2) is 0 Å². The van der Waals surface area contributed by atoms with Crippen molar-refractivity contribution in [2.45, 2.75) is 0 Å². The van der Waals surface area contributed by atoms with Crippen LogP contribution in [0.1, 0.15) is 10.4 Å². The van der Waals surface area contributed by atoms with Gasteiger partial charge in [0, 0.05) is 11.6 Å². The highest BCUT2D eigenvalue weighted by Crippen LogP contribution is 2.32. The molecular weight excluding hydrogens is 374 g/mol. The molecule has 1 amide bonds. The van der Waals surface area contributed by atoms with Crippen LogP contribution < -0.4 is 10.9 Å². The van der Waals surface area contributed by atoms with Crippen LogP contribution in [0.25, 0.3) is 27.2 Å².